The van der Waals surface area contributed by atoms with E-state index in [1.807, 2.05) is 26.0 Å². The number of epoxide rings is 1. The normalized spacial score (nSPS) is 17.5. The van der Waals surface area contributed by atoms with E-state index in [4.69, 9.17) is 10.8 Å². The van der Waals surface area contributed by atoms with Crippen molar-refractivity contribution in [3.8, 4) is 0 Å². The van der Waals surface area contributed by atoms with Crippen molar-refractivity contribution >= 4 is 17.6 Å². The van der Waals surface area contributed by atoms with Crippen LogP contribution in [0.1, 0.15) is 56.3 Å². The van der Waals surface area contributed by atoms with Crippen molar-refractivity contribution in [1.29, 1.82) is 0 Å². The second-order valence-electron chi connectivity index (χ2n) is 8.58. The fraction of sp³-hybridized carbons (Fsp3) is 0.600. The Hall–Kier alpha value is -1.94. The SMILES string of the molecule is C=CC(C)=O.C=CCC.CC1=C(C)C(=O)N(C)C1=O.CC=COC.COCC1(C)COC1.COOC.[2H][C-]1OC1C.[W]. The molecule has 1 unspecified atom stereocenters. The summed E-state index contributed by atoms with van der Waals surface area (Å²) in [7, 11) is 7.76. The molecule has 3 aliphatic heterocycles. The molecule has 3 aliphatic rings. The van der Waals surface area contributed by atoms with Gasteiger partial charge in [0.25, 0.3) is 11.8 Å². The van der Waals surface area contributed by atoms with Gasteiger partial charge in [-0.1, -0.05) is 45.6 Å². The summed E-state index contributed by atoms with van der Waals surface area (Å²) in [5.41, 5.74) is 1.45. The van der Waals surface area contributed by atoms with Gasteiger partial charge in [-0.3, -0.25) is 19.3 Å². The molecular weight excluding hydrogens is 702 g/mol. The number of hydrogen-bond acceptors (Lipinski definition) is 9. The van der Waals surface area contributed by atoms with Gasteiger partial charge in [-0.2, -0.15) is 7.95 Å². The molecule has 0 aromatic rings. The summed E-state index contributed by atoms with van der Waals surface area (Å²) >= 11 is 0. The molecule has 41 heavy (non-hydrogen) atoms. The fourth-order valence-electron chi connectivity index (χ4n) is 2.00. The summed E-state index contributed by atoms with van der Waals surface area (Å²) < 4.78 is 25.6. The number of ketones is 1. The maximum atomic E-state index is 11.0. The monoisotopic (exact) mass is 757 g/mol. The Labute approximate surface area is 264 Å². The zero-order chi connectivity index (χ0) is 33.0. The molecule has 0 N–H and O–H groups in total. The first-order chi connectivity index (χ1) is 19.1. The zero-order valence-corrected chi connectivity index (χ0v) is 30.1. The van der Waals surface area contributed by atoms with Gasteiger partial charge in [-0.25, -0.2) is 9.78 Å². The molecule has 0 spiro atoms. The van der Waals surface area contributed by atoms with Crippen molar-refractivity contribution in [3.63, 3.8) is 0 Å². The summed E-state index contributed by atoms with van der Waals surface area (Å²) in [6.45, 7) is 22.4. The Kier molecular flexibility index (Phi) is 36.6. The summed E-state index contributed by atoms with van der Waals surface area (Å²) in [4.78, 5) is 40.9. The fourth-order valence-corrected chi connectivity index (χ4v) is 2.00. The van der Waals surface area contributed by atoms with Crippen LogP contribution < -0.4 is 0 Å². The minimum Gasteiger partial charge on any atom is -0.570 e. The smallest absolute Gasteiger partial charge is 0.256 e. The van der Waals surface area contributed by atoms with Crippen LogP contribution in [0.2, 0.25) is 0 Å². The summed E-state index contributed by atoms with van der Waals surface area (Å²) in [5.74, 6) is -0.338. The Bertz CT molecular complexity index is 768. The molecule has 0 radical (unpaired) electrons. The molecule has 0 saturated carbocycles. The standard InChI is InChI=1S/C7H9NO2.C6H12O2.C4H8O.C4H6O.C4H8.C3H5O.C2H6O2.W/c1-4-5(2)7(10)8(3)6(4)9;1-6(3-7-2)4-8-5-6;1-3-4-5-2;1-3-4(2)5;1-3-4-2;1-3-2-4-3;1-3-4-2;/h1-3H3;3-5H2,1-2H3;3-4H,1-2H3;3H,1H2,2H3;3H,1,4H2,2H3;2-3H,1H3;1-2H3;/q;;;;;-1;;/i;;;;;2D;;. The molecule has 2 fully saturated rings. The van der Waals surface area contributed by atoms with E-state index < -0.39 is 0 Å². The minimum atomic E-state index is -0.178. The third kappa shape index (κ3) is 32.4. The summed E-state index contributed by atoms with van der Waals surface area (Å²) in [6.07, 6.45) is 7.83. The zero-order valence-electron chi connectivity index (χ0n) is 28.2. The first kappa shape index (κ1) is 46.0. The number of carbonyl (C=O) groups is 3. The van der Waals surface area contributed by atoms with Crippen LogP contribution >= 0.6 is 0 Å². The Morgan fingerprint density at radius 1 is 1.15 bits per heavy atom. The molecule has 2 saturated heterocycles. The van der Waals surface area contributed by atoms with Crippen LogP contribution in [-0.2, 0) is 64.2 Å². The largest absolute Gasteiger partial charge is 0.570 e. The molecule has 2 amide bonds. The molecule has 10 nitrogen and oxygen atoms in total. The van der Waals surface area contributed by atoms with E-state index in [1.54, 1.807) is 34.3 Å². The number of allylic oxidation sites excluding steroid dienone is 3. The van der Waals surface area contributed by atoms with Gasteiger partial charge in [0.2, 0.25) is 0 Å². The number of likely N-dealkylation sites (N-methyl/N-ethyl adjacent to an activating group) is 1. The summed E-state index contributed by atoms with van der Waals surface area (Å²) in [6, 6.07) is 0. The quantitative estimate of drug-likeness (QED) is 0.0524. The number of amides is 2. The molecule has 0 bridgehead atoms. The molecule has 0 aliphatic carbocycles. The van der Waals surface area contributed by atoms with E-state index in [0.717, 1.165) is 31.1 Å². The van der Waals surface area contributed by atoms with Crippen LogP contribution in [0.15, 0.2) is 48.8 Å². The van der Waals surface area contributed by atoms with Crippen molar-refractivity contribution in [2.75, 3.05) is 55.3 Å². The van der Waals surface area contributed by atoms with Crippen LogP contribution in [0, 0.1) is 12.0 Å². The predicted octanol–water partition coefficient (Wildman–Crippen LogP) is 5.26. The van der Waals surface area contributed by atoms with Gasteiger partial charge in [0.15, 0.2) is 5.78 Å². The first-order valence-electron chi connectivity index (χ1n) is 13.2. The molecule has 3 heterocycles. The Morgan fingerprint density at radius 2 is 1.51 bits per heavy atom. The molecule has 240 valence electrons. The van der Waals surface area contributed by atoms with Gasteiger partial charge in [-0.15, -0.1) is 6.58 Å². The predicted molar refractivity (Wildman–Crippen MR) is 159 cm³/mol. The van der Waals surface area contributed by atoms with Crippen LogP contribution in [0.5, 0.6) is 0 Å². The van der Waals surface area contributed by atoms with Crippen molar-refractivity contribution in [2.24, 2.45) is 5.41 Å². The van der Waals surface area contributed by atoms with Gasteiger partial charge in [-0.05, 0) is 40.2 Å². The third-order valence-electron chi connectivity index (χ3n) is 4.58. The van der Waals surface area contributed by atoms with Crippen LogP contribution in [0.3, 0.4) is 0 Å². The molecule has 0 aromatic heterocycles. The van der Waals surface area contributed by atoms with E-state index in [-0.39, 0.29) is 44.8 Å². The van der Waals surface area contributed by atoms with E-state index in [9.17, 15) is 14.4 Å². The molecular formula is C30H54NO9W-. The van der Waals surface area contributed by atoms with Gasteiger partial charge < -0.3 is 18.9 Å². The summed E-state index contributed by atoms with van der Waals surface area (Å²) in [5, 5.41) is 0. The van der Waals surface area contributed by atoms with Crippen LogP contribution in [0.4, 0.5) is 0 Å². The van der Waals surface area contributed by atoms with Crippen molar-refractivity contribution in [1.82, 2.24) is 4.90 Å². The minimum absolute atomic E-state index is 0. The number of rotatable bonds is 6. The number of methoxy groups -OCH3 is 2. The van der Waals surface area contributed by atoms with Gasteiger partial charge in [0.1, 0.15) is 0 Å². The molecule has 11 heteroatoms. The molecule has 3 rings (SSSR count). The first-order valence-corrected chi connectivity index (χ1v) is 12.7. The Balaban J connectivity index is -0.000000130. The third-order valence-corrected chi connectivity index (χ3v) is 4.58. The number of hydrogen-bond donors (Lipinski definition) is 0. The Morgan fingerprint density at radius 3 is 1.56 bits per heavy atom. The second kappa shape index (κ2) is 32.6. The maximum absolute atomic E-state index is 11.0. The van der Waals surface area contributed by atoms with Crippen molar-refractivity contribution < 1.29 is 65.5 Å². The van der Waals surface area contributed by atoms with Crippen LogP contribution in [0.25, 0.3) is 0 Å². The number of imide groups is 1. The number of carbonyl (C=O) groups excluding carboxylic acids is 3. The average molecular weight is 758 g/mol. The van der Waals surface area contributed by atoms with Gasteiger partial charge >= 0.3 is 0 Å². The average Bonchev–Trinajstić information content (AvgIpc) is 3.58. The van der Waals surface area contributed by atoms with Crippen LogP contribution in [-0.4, -0.2) is 83.9 Å². The van der Waals surface area contributed by atoms with E-state index >= 15 is 0 Å². The topological polar surface area (TPSA) is 113 Å². The number of nitrogens with zero attached hydrogens (tertiary/aromatic N) is 1. The maximum Gasteiger partial charge on any atom is 0.256 e. The van der Waals surface area contributed by atoms with Gasteiger partial charge in [0.05, 0.1) is 47.4 Å². The van der Waals surface area contributed by atoms with E-state index in [1.165, 1.54) is 34.3 Å². The van der Waals surface area contributed by atoms with Gasteiger partial charge in [0, 0.05) is 51.8 Å². The molecule has 0 aromatic carbocycles. The van der Waals surface area contributed by atoms with E-state index in [0.29, 0.717) is 23.1 Å². The van der Waals surface area contributed by atoms with Crippen molar-refractivity contribution in [2.45, 2.75) is 61.0 Å². The van der Waals surface area contributed by atoms with E-state index in [2.05, 4.69) is 46.3 Å². The second-order valence-corrected chi connectivity index (χ2v) is 8.58. The van der Waals surface area contributed by atoms with Crippen molar-refractivity contribution in [3.05, 3.63) is 55.4 Å². The molecule has 1 atom stereocenters. The number of ether oxygens (including phenoxy) is 4.